The number of rotatable bonds is 11. The summed E-state index contributed by atoms with van der Waals surface area (Å²) in [7, 11) is 1.54. The topological polar surface area (TPSA) is 63.3 Å². The van der Waals surface area contributed by atoms with E-state index in [-0.39, 0.29) is 29.2 Å². The van der Waals surface area contributed by atoms with Gasteiger partial charge in [0.1, 0.15) is 12.2 Å². The molecule has 7 nitrogen and oxygen atoms in total. The Balaban J connectivity index is 0.000000207. The molecular weight excluding hydrogens is 901 g/mol. The summed E-state index contributed by atoms with van der Waals surface area (Å²) in [5.41, 5.74) is 2.39. The Kier molecular flexibility index (Phi) is 15.9. The third kappa shape index (κ3) is 12.4. The molecule has 2 unspecified atom stereocenters. The van der Waals surface area contributed by atoms with E-state index in [0.717, 1.165) is 22.8 Å². The first kappa shape index (κ1) is 47.6. The minimum Gasteiger partial charge on any atom is -0.367 e. The van der Waals surface area contributed by atoms with Gasteiger partial charge in [0.15, 0.2) is 11.2 Å². The molecule has 5 aromatic rings. The van der Waals surface area contributed by atoms with Gasteiger partial charge in [-0.25, -0.2) is 0 Å². The van der Waals surface area contributed by atoms with Gasteiger partial charge < -0.3 is 29.3 Å². The highest BCUT2D eigenvalue weighted by Gasteiger charge is 2.40. The maximum absolute atomic E-state index is 13.6. The zero-order chi connectivity index (χ0) is 44.8. The second-order valence-corrected chi connectivity index (χ2v) is 18.1. The first-order valence-corrected chi connectivity index (χ1v) is 21.7. The normalized spacial score (nSPS) is 16.0. The maximum Gasteiger partial charge on any atom is 0.416 e. The molecule has 1 amide bonds. The van der Waals surface area contributed by atoms with E-state index in [9.17, 15) is 18.0 Å². The Bertz CT molecular complexity index is 2290. The summed E-state index contributed by atoms with van der Waals surface area (Å²) in [4.78, 5) is 16.6. The van der Waals surface area contributed by atoms with Crippen LogP contribution in [0.3, 0.4) is 0 Å². The van der Waals surface area contributed by atoms with Crippen molar-refractivity contribution in [1.29, 1.82) is 0 Å². The number of amides is 1. The molecule has 0 radical (unpaired) electrons. The highest BCUT2D eigenvalue weighted by Crippen LogP contribution is 2.40. The van der Waals surface area contributed by atoms with Crippen molar-refractivity contribution in [2.45, 2.75) is 63.0 Å². The van der Waals surface area contributed by atoms with E-state index in [1.54, 1.807) is 54.5 Å². The first-order chi connectivity index (χ1) is 29.4. The zero-order valence-electron chi connectivity index (χ0n) is 34.3. The lowest BCUT2D eigenvalue weighted by molar-refractivity contribution is -0.158. The molecule has 15 heteroatoms. The van der Waals surface area contributed by atoms with E-state index >= 15 is 0 Å². The van der Waals surface area contributed by atoms with Gasteiger partial charge in [0.25, 0.3) is 5.91 Å². The number of carbonyl (C=O) groups excluding carboxylic acids is 1. The number of nitrogens with zero attached hydrogens (tertiary/aromatic N) is 2. The number of likely N-dealkylation sites (tertiary alicyclic amines) is 2. The number of hydrogen-bond acceptors (Lipinski definition) is 5. The third-order valence-corrected chi connectivity index (χ3v) is 11.6. The van der Waals surface area contributed by atoms with Crippen molar-refractivity contribution in [3.8, 4) is 0 Å². The molecule has 5 aromatic carbocycles. The van der Waals surface area contributed by atoms with Gasteiger partial charge in [-0.05, 0) is 97.7 Å². The molecule has 0 saturated carbocycles. The Labute approximate surface area is 385 Å². The summed E-state index contributed by atoms with van der Waals surface area (Å²) in [5.74, 6) is -0.0777. The lowest BCUT2D eigenvalue weighted by atomic mass is 9.95. The fourth-order valence-electron chi connectivity index (χ4n) is 6.99. The summed E-state index contributed by atoms with van der Waals surface area (Å²) in [6.45, 7) is 8.01. The average molecular weight is 948 g/mol. The van der Waals surface area contributed by atoms with Crippen molar-refractivity contribution in [3.05, 3.63) is 175 Å². The molecule has 0 aliphatic carbocycles. The molecule has 0 aromatic heterocycles. The van der Waals surface area contributed by atoms with Crippen LogP contribution in [0, 0.1) is 0 Å². The van der Waals surface area contributed by atoms with Crippen molar-refractivity contribution in [2.24, 2.45) is 0 Å². The SMILES string of the molecule is CC(C)(C)NC(=S)N1CC(OC(c2ccc(Cl)cc2)c2ccccc2C(F)(F)F)C1.CO[C@H](C(=O)N1CC(OC(c2ccc(Cl)cc2)c2ccc(Cl)cc2Cl)C1)c1ccccc1. The number of nitrogens with one attached hydrogen (secondary N) is 1. The van der Waals surface area contributed by atoms with Gasteiger partial charge in [-0.3, -0.25) is 4.79 Å². The van der Waals surface area contributed by atoms with Crippen molar-refractivity contribution in [1.82, 2.24) is 15.1 Å². The Morgan fingerprint density at radius 1 is 0.661 bits per heavy atom. The number of thiocarbonyl (C=S) groups is 1. The summed E-state index contributed by atoms with van der Waals surface area (Å²) in [5, 5.41) is 6.07. The molecule has 62 heavy (non-hydrogen) atoms. The molecule has 0 spiro atoms. The van der Waals surface area contributed by atoms with E-state index in [0.29, 0.717) is 56.9 Å². The minimum atomic E-state index is -4.48. The molecule has 2 aliphatic heterocycles. The summed E-state index contributed by atoms with van der Waals surface area (Å²) in [6.07, 6.45) is -6.77. The van der Waals surface area contributed by atoms with Crippen LogP contribution in [-0.4, -0.2) is 71.9 Å². The molecule has 1 N–H and O–H groups in total. The van der Waals surface area contributed by atoms with Gasteiger partial charge in [0.05, 0.1) is 17.8 Å². The summed E-state index contributed by atoms with van der Waals surface area (Å²) >= 11 is 30.0. The van der Waals surface area contributed by atoms with E-state index in [4.69, 9.17) is 72.8 Å². The number of benzene rings is 5. The van der Waals surface area contributed by atoms with Crippen LogP contribution in [0.15, 0.2) is 121 Å². The van der Waals surface area contributed by atoms with Crippen molar-refractivity contribution >= 4 is 69.6 Å². The first-order valence-electron chi connectivity index (χ1n) is 19.8. The number of carbonyl (C=O) groups is 1. The number of halogens is 7. The predicted octanol–water partition coefficient (Wildman–Crippen LogP) is 12.2. The molecule has 7 rings (SSSR count). The molecule has 2 saturated heterocycles. The number of ether oxygens (including phenoxy) is 3. The molecule has 2 aliphatic rings. The zero-order valence-corrected chi connectivity index (χ0v) is 38.2. The fraction of sp³-hybridized carbons (Fsp3) is 0.319. The van der Waals surface area contributed by atoms with Gasteiger partial charge in [0, 0.05) is 64.5 Å². The van der Waals surface area contributed by atoms with E-state index in [1.807, 2.05) is 86.3 Å². The Morgan fingerprint density at radius 3 is 1.65 bits per heavy atom. The highest BCUT2D eigenvalue weighted by molar-refractivity contribution is 7.80. The van der Waals surface area contributed by atoms with E-state index in [1.165, 1.54) is 12.1 Å². The van der Waals surface area contributed by atoms with Crippen molar-refractivity contribution in [3.63, 3.8) is 0 Å². The second kappa shape index (κ2) is 20.7. The molecular formula is C47H46Cl4F3N3O4S. The molecule has 0 bridgehead atoms. The van der Waals surface area contributed by atoms with Crippen LogP contribution in [-0.2, 0) is 25.2 Å². The number of hydrogen-bond donors (Lipinski definition) is 1. The van der Waals surface area contributed by atoms with Gasteiger partial charge in [-0.1, -0.05) is 125 Å². The van der Waals surface area contributed by atoms with E-state index in [2.05, 4.69) is 5.32 Å². The smallest absolute Gasteiger partial charge is 0.367 e. The van der Waals surface area contributed by atoms with Crippen molar-refractivity contribution in [2.75, 3.05) is 33.3 Å². The predicted molar refractivity (Wildman–Crippen MR) is 244 cm³/mol. The quantitative estimate of drug-likeness (QED) is 0.132. The summed E-state index contributed by atoms with van der Waals surface area (Å²) in [6, 6.07) is 34.5. The average Bonchev–Trinajstić information content (AvgIpc) is 3.18. The maximum atomic E-state index is 13.6. The minimum absolute atomic E-state index is 0.0777. The molecule has 2 fully saturated rings. The molecule has 3 atom stereocenters. The Morgan fingerprint density at radius 2 is 1.15 bits per heavy atom. The molecule has 2 heterocycles. The third-order valence-electron chi connectivity index (χ3n) is 10.1. The lowest BCUT2D eigenvalue weighted by Crippen LogP contribution is -2.60. The second-order valence-electron chi connectivity index (χ2n) is 16.0. The summed E-state index contributed by atoms with van der Waals surface area (Å²) < 4.78 is 59.0. The van der Waals surface area contributed by atoms with Crippen molar-refractivity contribution < 1.29 is 32.2 Å². The number of alkyl halides is 3. The van der Waals surface area contributed by atoms with Crippen LogP contribution in [0.1, 0.15) is 72.5 Å². The molecule has 328 valence electrons. The van der Waals surface area contributed by atoms with Crippen LogP contribution in [0.5, 0.6) is 0 Å². The largest absolute Gasteiger partial charge is 0.416 e. The van der Waals surface area contributed by atoms with Crippen LogP contribution in [0.2, 0.25) is 20.1 Å². The van der Waals surface area contributed by atoms with Crippen LogP contribution in [0.4, 0.5) is 13.2 Å². The van der Waals surface area contributed by atoms with Gasteiger partial charge in [-0.2, -0.15) is 13.2 Å². The fourth-order valence-corrected chi connectivity index (χ4v) is 8.20. The van der Waals surface area contributed by atoms with Crippen LogP contribution < -0.4 is 5.32 Å². The number of methoxy groups -OCH3 is 1. The van der Waals surface area contributed by atoms with Gasteiger partial charge in [0.2, 0.25) is 0 Å². The van der Waals surface area contributed by atoms with Gasteiger partial charge in [-0.15, -0.1) is 0 Å². The highest BCUT2D eigenvalue weighted by atomic mass is 35.5. The van der Waals surface area contributed by atoms with Crippen LogP contribution >= 0.6 is 58.6 Å². The van der Waals surface area contributed by atoms with E-state index < -0.39 is 30.1 Å². The van der Waals surface area contributed by atoms with Crippen LogP contribution in [0.25, 0.3) is 0 Å². The standard InChI is InChI=1S/C25H22Cl3NO3.C22H24ClF3N2OS/c1-31-24(16-5-3-2-4-6-16)25(30)29-14-20(15-29)32-23(17-7-9-18(26)10-8-17)21-12-11-19(27)13-22(21)28;1-21(2,3)27-20(30)28-12-16(13-28)29-19(14-8-10-15(23)11-9-14)17-6-4-5-7-18(17)22(24,25)26/h2-13,20,23-24H,14-15H2,1H3;4-11,16,19H,12-13H2,1-3H3,(H,27,30)/t23?,24-;/m0./s1. The monoisotopic (exact) mass is 945 g/mol. The lowest BCUT2D eigenvalue weighted by Gasteiger charge is -2.43. The van der Waals surface area contributed by atoms with Gasteiger partial charge >= 0.3 is 6.18 Å². The Hall–Kier alpha value is -3.91.